The van der Waals surface area contributed by atoms with Crippen LogP contribution in [0.3, 0.4) is 0 Å². The quantitative estimate of drug-likeness (QED) is 0.834. The summed E-state index contributed by atoms with van der Waals surface area (Å²) in [5.41, 5.74) is 5.38. The van der Waals surface area contributed by atoms with Crippen molar-refractivity contribution < 1.29 is 9.53 Å². The van der Waals surface area contributed by atoms with Gasteiger partial charge in [-0.05, 0) is 30.2 Å². The molecule has 0 bridgehead atoms. The van der Waals surface area contributed by atoms with Crippen LogP contribution >= 0.6 is 11.6 Å². The van der Waals surface area contributed by atoms with Gasteiger partial charge in [-0.3, -0.25) is 4.79 Å². The molecule has 0 aromatic heterocycles. The maximum Gasteiger partial charge on any atom is 0.245 e. The topological polar surface area (TPSA) is 64.3 Å². The van der Waals surface area contributed by atoms with Crippen LogP contribution in [0.25, 0.3) is 0 Å². The number of ether oxygens (including phenoxy) is 1. The Morgan fingerprint density at radius 2 is 2.00 bits per heavy atom. The molecule has 0 radical (unpaired) electrons. The van der Waals surface area contributed by atoms with E-state index in [1.54, 1.807) is 31.4 Å². The second-order valence-electron chi connectivity index (χ2n) is 4.56. The molecule has 0 fully saturated rings. The highest BCUT2D eigenvalue weighted by Gasteiger charge is 2.40. The summed E-state index contributed by atoms with van der Waals surface area (Å²) < 4.78 is 5.14. The van der Waals surface area contributed by atoms with Crippen molar-refractivity contribution in [1.82, 2.24) is 0 Å². The van der Waals surface area contributed by atoms with Crippen LogP contribution in [0.15, 0.2) is 24.3 Å². The molecule has 18 heavy (non-hydrogen) atoms. The number of carbonyl (C=O) groups excluding carboxylic acids is 1. The molecule has 1 atom stereocenters. The largest absolute Gasteiger partial charge is 0.382 e. The molecule has 0 saturated heterocycles. The molecule has 1 aromatic carbocycles. The number of carbonyl (C=O) groups is 1. The smallest absolute Gasteiger partial charge is 0.245 e. The first-order valence-corrected chi connectivity index (χ1v) is 6.12. The van der Waals surface area contributed by atoms with Gasteiger partial charge >= 0.3 is 0 Å². The third kappa shape index (κ3) is 3.15. The zero-order valence-corrected chi connectivity index (χ0v) is 11.6. The number of nitrogens with two attached hydrogens (primary N) is 1. The lowest BCUT2D eigenvalue weighted by Gasteiger charge is -2.35. The minimum atomic E-state index is -0.928. The third-order valence-electron chi connectivity index (χ3n) is 3.01. The molecule has 1 rings (SSSR count). The van der Waals surface area contributed by atoms with Gasteiger partial charge in [-0.2, -0.15) is 0 Å². The first kappa shape index (κ1) is 14.8. The van der Waals surface area contributed by atoms with E-state index >= 15 is 0 Å². The Morgan fingerprint density at radius 1 is 1.44 bits per heavy atom. The molecule has 0 aliphatic rings. The van der Waals surface area contributed by atoms with Crippen LogP contribution in [-0.4, -0.2) is 25.2 Å². The molecule has 0 aliphatic carbocycles. The first-order chi connectivity index (χ1) is 8.42. The molecule has 5 heteroatoms. The molecule has 0 aliphatic heterocycles. The van der Waals surface area contributed by atoms with Crippen molar-refractivity contribution in [1.29, 1.82) is 0 Å². The fraction of sp³-hybridized carbons (Fsp3) is 0.462. The highest BCUT2D eigenvalue weighted by molar-refractivity contribution is 6.30. The Balaban J connectivity index is 3.03. The van der Waals surface area contributed by atoms with Gasteiger partial charge in [0.25, 0.3) is 0 Å². The summed E-state index contributed by atoms with van der Waals surface area (Å²) in [6, 6.07) is 7.11. The van der Waals surface area contributed by atoms with Crippen LogP contribution in [0.5, 0.6) is 0 Å². The van der Waals surface area contributed by atoms with Gasteiger partial charge in [0.15, 0.2) is 0 Å². The number of halogens is 1. The van der Waals surface area contributed by atoms with Crippen molar-refractivity contribution in [3.63, 3.8) is 0 Å². The molecular weight excluding hydrogens is 252 g/mol. The van der Waals surface area contributed by atoms with E-state index in [2.05, 4.69) is 5.32 Å². The molecule has 1 aromatic rings. The molecule has 0 saturated carbocycles. The summed E-state index contributed by atoms with van der Waals surface area (Å²) in [7, 11) is 1.55. The summed E-state index contributed by atoms with van der Waals surface area (Å²) >= 11 is 5.83. The van der Waals surface area contributed by atoms with E-state index in [1.165, 1.54) is 0 Å². The number of rotatable bonds is 6. The molecule has 0 spiro atoms. The minimum absolute atomic E-state index is 0.00868. The van der Waals surface area contributed by atoms with Gasteiger partial charge in [-0.1, -0.05) is 25.4 Å². The van der Waals surface area contributed by atoms with Crippen LogP contribution in [0.2, 0.25) is 5.02 Å². The lowest BCUT2D eigenvalue weighted by molar-refractivity contribution is -0.125. The Labute approximate surface area is 112 Å². The van der Waals surface area contributed by atoms with E-state index in [0.29, 0.717) is 5.02 Å². The Kier molecular flexibility index (Phi) is 4.99. The Bertz CT molecular complexity index is 406. The van der Waals surface area contributed by atoms with E-state index in [0.717, 1.165) is 5.69 Å². The lowest BCUT2D eigenvalue weighted by atomic mass is 9.86. The SMILES string of the molecule is COCC(Nc1ccc(Cl)cc1)(C(N)=O)C(C)C. The molecule has 3 N–H and O–H groups in total. The summed E-state index contributed by atoms with van der Waals surface area (Å²) in [6.45, 7) is 4.06. The van der Waals surface area contributed by atoms with Gasteiger partial charge in [-0.15, -0.1) is 0 Å². The van der Waals surface area contributed by atoms with E-state index < -0.39 is 11.4 Å². The fourth-order valence-electron chi connectivity index (χ4n) is 1.78. The fourth-order valence-corrected chi connectivity index (χ4v) is 1.91. The number of benzene rings is 1. The zero-order chi connectivity index (χ0) is 13.8. The number of amides is 1. The van der Waals surface area contributed by atoms with Crippen molar-refractivity contribution >= 4 is 23.2 Å². The second kappa shape index (κ2) is 6.07. The van der Waals surface area contributed by atoms with Crippen molar-refractivity contribution in [2.45, 2.75) is 19.4 Å². The van der Waals surface area contributed by atoms with Gasteiger partial charge in [0, 0.05) is 17.8 Å². The van der Waals surface area contributed by atoms with E-state index in [-0.39, 0.29) is 12.5 Å². The summed E-state index contributed by atoms with van der Waals surface area (Å²) in [4.78, 5) is 11.8. The maximum absolute atomic E-state index is 11.8. The minimum Gasteiger partial charge on any atom is -0.382 e. The summed E-state index contributed by atoms with van der Waals surface area (Å²) in [5, 5.41) is 3.80. The van der Waals surface area contributed by atoms with Crippen LogP contribution in [-0.2, 0) is 9.53 Å². The third-order valence-corrected chi connectivity index (χ3v) is 3.26. The van der Waals surface area contributed by atoms with E-state index in [1.807, 2.05) is 13.8 Å². The molecule has 1 unspecified atom stereocenters. The van der Waals surface area contributed by atoms with Gasteiger partial charge < -0.3 is 15.8 Å². The normalized spacial score (nSPS) is 14.3. The van der Waals surface area contributed by atoms with Crippen LogP contribution in [0.4, 0.5) is 5.69 Å². The Morgan fingerprint density at radius 3 is 2.39 bits per heavy atom. The molecule has 0 heterocycles. The van der Waals surface area contributed by atoms with Gasteiger partial charge in [-0.25, -0.2) is 0 Å². The number of primary amides is 1. The number of methoxy groups -OCH3 is 1. The highest BCUT2D eigenvalue weighted by Crippen LogP contribution is 2.24. The molecule has 1 amide bonds. The predicted octanol–water partition coefficient (Wildman–Crippen LogP) is 2.28. The van der Waals surface area contributed by atoms with Gasteiger partial charge in [0.2, 0.25) is 5.91 Å². The highest BCUT2D eigenvalue weighted by atomic mass is 35.5. The predicted molar refractivity (Wildman–Crippen MR) is 73.7 cm³/mol. The summed E-state index contributed by atoms with van der Waals surface area (Å²) in [6.07, 6.45) is 0. The number of hydrogen-bond donors (Lipinski definition) is 2. The van der Waals surface area contributed by atoms with Crippen LogP contribution < -0.4 is 11.1 Å². The maximum atomic E-state index is 11.8. The number of hydrogen-bond acceptors (Lipinski definition) is 3. The van der Waals surface area contributed by atoms with Crippen LogP contribution in [0, 0.1) is 5.92 Å². The van der Waals surface area contributed by atoms with Crippen molar-refractivity contribution in [3.05, 3.63) is 29.3 Å². The second-order valence-corrected chi connectivity index (χ2v) is 4.99. The standard InChI is InChI=1S/C13H19ClN2O2/c1-9(2)13(8-18-3,12(15)17)16-11-6-4-10(14)5-7-11/h4-7,9,16H,8H2,1-3H3,(H2,15,17). The lowest BCUT2D eigenvalue weighted by Crippen LogP contribution is -2.57. The van der Waals surface area contributed by atoms with Crippen LogP contribution in [0.1, 0.15) is 13.8 Å². The van der Waals surface area contributed by atoms with Gasteiger partial charge in [0.05, 0.1) is 6.61 Å². The van der Waals surface area contributed by atoms with Gasteiger partial charge in [0.1, 0.15) is 5.54 Å². The van der Waals surface area contributed by atoms with E-state index in [4.69, 9.17) is 22.1 Å². The monoisotopic (exact) mass is 270 g/mol. The van der Waals surface area contributed by atoms with E-state index in [9.17, 15) is 4.79 Å². The molecule has 100 valence electrons. The average molecular weight is 271 g/mol. The number of anilines is 1. The van der Waals surface area contributed by atoms with Crippen molar-refractivity contribution in [2.24, 2.45) is 11.7 Å². The zero-order valence-electron chi connectivity index (χ0n) is 10.9. The Hall–Kier alpha value is -1.26. The van der Waals surface area contributed by atoms with Crippen molar-refractivity contribution in [3.8, 4) is 0 Å². The summed E-state index contributed by atoms with van der Waals surface area (Å²) in [5.74, 6) is -0.445. The van der Waals surface area contributed by atoms with Crippen molar-refractivity contribution in [2.75, 3.05) is 19.0 Å². The first-order valence-electron chi connectivity index (χ1n) is 5.75. The molecule has 4 nitrogen and oxygen atoms in total. The number of nitrogens with one attached hydrogen (secondary N) is 1. The average Bonchev–Trinajstić information content (AvgIpc) is 2.30. The molecular formula is C13H19ClN2O2.